The number of benzene rings is 1. The zero-order chi connectivity index (χ0) is 11.4. The predicted octanol–water partition coefficient (Wildman–Crippen LogP) is 1.64. The van der Waals surface area contributed by atoms with Crippen molar-refractivity contribution >= 4 is 0 Å². The van der Waals surface area contributed by atoms with Crippen molar-refractivity contribution in [2.75, 3.05) is 6.61 Å². The Morgan fingerprint density at radius 1 is 1.33 bits per heavy atom. The van der Waals surface area contributed by atoms with Gasteiger partial charge in [0.2, 0.25) is 0 Å². The van der Waals surface area contributed by atoms with Crippen molar-refractivity contribution in [1.29, 1.82) is 0 Å². The summed E-state index contributed by atoms with van der Waals surface area (Å²) in [4.78, 5) is 0. The molecule has 15 heavy (non-hydrogen) atoms. The molecule has 84 valence electrons. The van der Waals surface area contributed by atoms with E-state index in [4.69, 9.17) is 9.84 Å². The Morgan fingerprint density at radius 3 is 2.53 bits per heavy atom. The summed E-state index contributed by atoms with van der Waals surface area (Å²) in [5, 5.41) is 18.4. The predicted molar refractivity (Wildman–Crippen MR) is 54.2 cm³/mol. The molecule has 1 unspecified atom stereocenters. The third-order valence-electron chi connectivity index (χ3n) is 1.90. The van der Waals surface area contributed by atoms with Crippen LogP contribution in [0.15, 0.2) is 18.2 Å². The quantitative estimate of drug-likeness (QED) is 0.801. The van der Waals surface area contributed by atoms with Gasteiger partial charge in [0.1, 0.15) is 18.2 Å². The number of hydrogen-bond acceptors (Lipinski definition) is 3. The fraction of sp³-hybridized carbons (Fsp3) is 0.455. The van der Waals surface area contributed by atoms with Gasteiger partial charge in [0.25, 0.3) is 0 Å². The van der Waals surface area contributed by atoms with Gasteiger partial charge in [-0.2, -0.15) is 0 Å². The van der Waals surface area contributed by atoms with E-state index in [1.54, 1.807) is 6.92 Å². The molecule has 1 rings (SSSR count). The first-order valence-electron chi connectivity index (χ1n) is 4.79. The average molecular weight is 214 g/mol. The molecule has 4 heteroatoms. The molecule has 0 saturated carbocycles. The molecule has 2 atom stereocenters. The van der Waals surface area contributed by atoms with E-state index in [0.29, 0.717) is 11.3 Å². The molecular weight excluding hydrogens is 199 g/mol. The van der Waals surface area contributed by atoms with Crippen molar-refractivity contribution < 1.29 is 19.3 Å². The Hall–Kier alpha value is -1.13. The van der Waals surface area contributed by atoms with Crippen LogP contribution in [0.2, 0.25) is 0 Å². The van der Waals surface area contributed by atoms with E-state index in [-0.39, 0.29) is 6.61 Å². The average Bonchev–Trinajstić information content (AvgIpc) is 2.15. The van der Waals surface area contributed by atoms with Crippen LogP contribution in [-0.4, -0.2) is 22.9 Å². The van der Waals surface area contributed by atoms with Gasteiger partial charge in [-0.25, -0.2) is 4.39 Å². The highest BCUT2D eigenvalue weighted by Crippen LogP contribution is 2.25. The Bertz CT molecular complexity index is 324. The Kier molecular flexibility index (Phi) is 4.05. The Morgan fingerprint density at radius 2 is 2.00 bits per heavy atom. The largest absolute Gasteiger partial charge is 0.491 e. The normalized spacial score (nSPS) is 14.7. The van der Waals surface area contributed by atoms with Crippen LogP contribution in [0.5, 0.6) is 5.75 Å². The van der Waals surface area contributed by atoms with E-state index < -0.39 is 18.0 Å². The van der Waals surface area contributed by atoms with E-state index in [2.05, 4.69) is 0 Å². The maximum atomic E-state index is 12.9. The van der Waals surface area contributed by atoms with Crippen molar-refractivity contribution in [2.45, 2.75) is 26.1 Å². The van der Waals surface area contributed by atoms with E-state index in [9.17, 15) is 9.50 Å². The molecule has 0 aliphatic carbocycles. The van der Waals surface area contributed by atoms with Crippen molar-refractivity contribution in [2.24, 2.45) is 0 Å². The lowest BCUT2D eigenvalue weighted by atomic mass is 10.1. The first-order chi connectivity index (χ1) is 7.00. The lowest BCUT2D eigenvalue weighted by molar-refractivity contribution is 0.118. The molecule has 3 nitrogen and oxygen atoms in total. The van der Waals surface area contributed by atoms with Gasteiger partial charge in [-0.05, 0) is 32.0 Å². The van der Waals surface area contributed by atoms with Gasteiger partial charge >= 0.3 is 0 Å². The van der Waals surface area contributed by atoms with Crippen LogP contribution in [0.1, 0.15) is 25.5 Å². The fourth-order valence-corrected chi connectivity index (χ4v) is 1.19. The van der Waals surface area contributed by atoms with E-state index >= 15 is 0 Å². The maximum absolute atomic E-state index is 12.9. The minimum atomic E-state index is -0.801. The zero-order valence-electron chi connectivity index (χ0n) is 8.77. The highest BCUT2D eigenvalue weighted by Gasteiger charge is 2.11. The second-order valence-electron chi connectivity index (χ2n) is 3.52. The van der Waals surface area contributed by atoms with Crippen molar-refractivity contribution in [3.05, 3.63) is 29.6 Å². The number of hydrogen-bond donors (Lipinski definition) is 2. The molecular formula is C11H15FO3. The lowest BCUT2D eigenvalue weighted by Crippen LogP contribution is -2.14. The maximum Gasteiger partial charge on any atom is 0.125 e. The van der Waals surface area contributed by atoms with Gasteiger partial charge < -0.3 is 14.9 Å². The molecule has 0 bridgehead atoms. The number of aliphatic hydroxyl groups is 2. The molecule has 0 spiro atoms. The number of halogens is 1. The van der Waals surface area contributed by atoms with Crippen LogP contribution >= 0.6 is 0 Å². The number of aliphatic hydroxyl groups excluding tert-OH is 2. The summed E-state index contributed by atoms with van der Waals surface area (Å²) >= 11 is 0. The smallest absolute Gasteiger partial charge is 0.125 e. The minimum absolute atomic E-state index is 0.116. The van der Waals surface area contributed by atoms with Crippen LogP contribution in [-0.2, 0) is 0 Å². The second-order valence-corrected chi connectivity index (χ2v) is 3.52. The molecule has 0 aliphatic rings. The highest BCUT2D eigenvalue weighted by atomic mass is 19.1. The van der Waals surface area contributed by atoms with Gasteiger partial charge in [-0.3, -0.25) is 0 Å². The topological polar surface area (TPSA) is 49.7 Å². The number of rotatable bonds is 4. The molecule has 1 aromatic carbocycles. The molecule has 0 fully saturated rings. The van der Waals surface area contributed by atoms with Gasteiger partial charge in [-0.1, -0.05) is 0 Å². The molecule has 0 aromatic heterocycles. The van der Waals surface area contributed by atoms with Gasteiger partial charge in [0.05, 0.1) is 12.2 Å². The van der Waals surface area contributed by atoms with Crippen LogP contribution in [0.3, 0.4) is 0 Å². The molecule has 0 saturated heterocycles. The molecule has 2 N–H and O–H groups in total. The Labute approximate surface area is 88.1 Å². The summed E-state index contributed by atoms with van der Waals surface area (Å²) in [6, 6.07) is 3.92. The standard InChI is InChI=1S/C11H15FO3/c1-7(13)6-15-11-4-3-9(12)5-10(11)8(2)14/h3-5,7-8,13-14H,6H2,1-2H3/t7?,8-/m1/s1. The van der Waals surface area contributed by atoms with Gasteiger partial charge in [0, 0.05) is 5.56 Å². The van der Waals surface area contributed by atoms with Crippen molar-refractivity contribution in [1.82, 2.24) is 0 Å². The third kappa shape index (κ3) is 3.49. The lowest BCUT2D eigenvalue weighted by Gasteiger charge is -2.14. The fourth-order valence-electron chi connectivity index (χ4n) is 1.19. The van der Waals surface area contributed by atoms with Crippen LogP contribution in [0, 0.1) is 5.82 Å². The third-order valence-corrected chi connectivity index (χ3v) is 1.90. The summed E-state index contributed by atoms with van der Waals surface area (Å²) in [7, 11) is 0. The summed E-state index contributed by atoms with van der Waals surface area (Å²) in [5.74, 6) is -0.0254. The van der Waals surface area contributed by atoms with Crippen molar-refractivity contribution in [3.63, 3.8) is 0 Å². The minimum Gasteiger partial charge on any atom is -0.491 e. The summed E-state index contributed by atoms with van der Waals surface area (Å²) in [5.41, 5.74) is 0.385. The molecule has 0 aliphatic heterocycles. The molecule has 0 radical (unpaired) electrons. The Balaban J connectivity index is 2.86. The molecule has 0 heterocycles. The van der Waals surface area contributed by atoms with E-state index in [1.807, 2.05) is 0 Å². The SMILES string of the molecule is CC(O)COc1ccc(F)cc1[C@@H](C)O. The van der Waals surface area contributed by atoms with Crippen molar-refractivity contribution in [3.8, 4) is 5.75 Å². The van der Waals surface area contributed by atoms with Crippen LogP contribution < -0.4 is 4.74 Å². The first-order valence-corrected chi connectivity index (χ1v) is 4.79. The molecule has 0 amide bonds. The van der Waals surface area contributed by atoms with E-state index in [0.717, 1.165) is 0 Å². The van der Waals surface area contributed by atoms with Gasteiger partial charge in [-0.15, -0.1) is 0 Å². The molecule has 1 aromatic rings. The second kappa shape index (κ2) is 5.09. The summed E-state index contributed by atoms with van der Waals surface area (Å²) < 4.78 is 18.1. The monoisotopic (exact) mass is 214 g/mol. The zero-order valence-corrected chi connectivity index (χ0v) is 8.77. The summed E-state index contributed by atoms with van der Waals surface area (Å²) in [6.45, 7) is 3.24. The van der Waals surface area contributed by atoms with Gasteiger partial charge in [0.15, 0.2) is 0 Å². The van der Waals surface area contributed by atoms with Crippen LogP contribution in [0.4, 0.5) is 4.39 Å². The van der Waals surface area contributed by atoms with E-state index in [1.165, 1.54) is 25.1 Å². The number of ether oxygens (including phenoxy) is 1. The highest BCUT2D eigenvalue weighted by molar-refractivity contribution is 5.35. The summed E-state index contributed by atoms with van der Waals surface area (Å²) in [6.07, 6.45) is -1.40. The van der Waals surface area contributed by atoms with Crippen LogP contribution in [0.25, 0.3) is 0 Å². The first kappa shape index (κ1) is 11.9.